The lowest BCUT2D eigenvalue weighted by molar-refractivity contribution is -0.124. The number of amides is 2. The van der Waals surface area contributed by atoms with Crippen LogP contribution < -0.4 is 15.5 Å². The number of hydrogen-bond donors (Lipinski definition) is 3. The third-order valence-corrected chi connectivity index (χ3v) is 4.01. The maximum absolute atomic E-state index is 12.3. The molecule has 0 saturated carbocycles. The topological polar surface area (TPSA) is 91.1 Å². The van der Waals surface area contributed by atoms with Crippen LogP contribution in [-0.4, -0.2) is 22.8 Å². The van der Waals surface area contributed by atoms with Gasteiger partial charge in [-0.1, -0.05) is 43.4 Å². The summed E-state index contributed by atoms with van der Waals surface area (Å²) >= 11 is 1.05. The van der Waals surface area contributed by atoms with E-state index < -0.39 is 6.04 Å². The number of nitrogens with one attached hydrogen (secondary N) is 3. The van der Waals surface area contributed by atoms with E-state index in [4.69, 9.17) is 0 Å². The van der Waals surface area contributed by atoms with E-state index in [-0.39, 0.29) is 29.1 Å². The molecule has 0 aliphatic heterocycles. The molecular weight excluding hydrogens is 314 g/mol. The van der Waals surface area contributed by atoms with Crippen molar-refractivity contribution in [1.29, 1.82) is 0 Å². The molecule has 0 spiro atoms. The van der Waals surface area contributed by atoms with Crippen LogP contribution in [0.25, 0.3) is 0 Å². The maximum Gasteiger partial charge on any atom is 0.304 e. The van der Waals surface area contributed by atoms with Crippen molar-refractivity contribution in [2.45, 2.75) is 26.4 Å². The Hall–Kier alpha value is -2.41. The van der Waals surface area contributed by atoms with E-state index in [9.17, 15) is 14.4 Å². The van der Waals surface area contributed by atoms with Crippen LogP contribution in [0.15, 0.2) is 40.5 Å². The van der Waals surface area contributed by atoms with Crippen molar-refractivity contribution in [3.63, 3.8) is 0 Å². The van der Waals surface area contributed by atoms with E-state index >= 15 is 0 Å². The van der Waals surface area contributed by atoms with Gasteiger partial charge in [0, 0.05) is 16.6 Å². The number of aromatic nitrogens is 1. The number of aromatic amines is 1. The molecule has 2 aromatic rings. The van der Waals surface area contributed by atoms with Crippen molar-refractivity contribution in [2.75, 3.05) is 0 Å². The predicted molar refractivity (Wildman–Crippen MR) is 89.3 cm³/mol. The van der Waals surface area contributed by atoms with E-state index in [1.165, 1.54) is 0 Å². The third kappa shape index (κ3) is 4.79. The van der Waals surface area contributed by atoms with Crippen molar-refractivity contribution in [2.24, 2.45) is 5.92 Å². The van der Waals surface area contributed by atoms with Gasteiger partial charge in [0.25, 0.3) is 5.91 Å². The summed E-state index contributed by atoms with van der Waals surface area (Å²) in [5, 5.41) is 7.15. The lowest BCUT2D eigenvalue weighted by Crippen LogP contribution is -2.49. The Balaban J connectivity index is 1.98. The molecule has 7 heteroatoms. The van der Waals surface area contributed by atoms with Crippen molar-refractivity contribution < 1.29 is 9.59 Å². The normalized spacial score (nSPS) is 12.0. The van der Waals surface area contributed by atoms with E-state index in [1.807, 2.05) is 19.9 Å². The molecule has 0 saturated heterocycles. The van der Waals surface area contributed by atoms with Gasteiger partial charge in [0.05, 0.1) is 6.54 Å². The molecule has 2 rings (SSSR count). The Kier molecular flexibility index (Phi) is 5.70. The number of carbonyl (C=O) groups is 2. The molecule has 0 radical (unpaired) electrons. The van der Waals surface area contributed by atoms with Crippen molar-refractivity contribution in [1.82, 2.24) is 15.6 Å². The SMILES string of the molecule is CC(C)[C@H](NC(=O)c1ccccc1)C(=O)NCc1csc(=O)[nH]1. The minimum Gasteiger partial charge on any atom is -0.349 e. The Labute approximate surface area is 137 Å². The molecule has 2 amide bonds. The highest BCUT2D eigenvalue weighted by Crippen LogP contribution is 2.06. The van der Waals surface area contributed by atoms with Gasteiger partial charge in [-0.3, -0.25) is 14.4 Å². The minimum absolute atomic E-state index is 0.0656. The zero-order chi connectivity index (χ0) is 16.8. The molecule has 1 aromatic heterocycles. The Morgan fingerprint density at radius 2 is 1.91 bits per heavy atom. The smallest absolute Gasteiger partial charge is 0.304 e. The number of rotatable bonds is 6. The highest BCUT2D eigenvalue weighted by Gasteiger charge is 2.24. The van der Waals surface area contributed by atoms with E-state index in [0.717, 1.165) is 11.3 Å². The molecule has 0 bridgehead atoms. The summed E-state index contributed by atoms with van der Waals surface area (Å²) in [5.74, 6) is -0.635. The first-order valence-corrected chi connectivity index (χ1v) is 8.15. The zero-order valence-electron chi connectivity index (χ0n) is 13.0. The zero-order valence-corrected chi connectivity index (χ0v) is 13.8. The van der Waals surface area contributed by atoms with Gasteiger partial charge >= 0.3 is 4.87 Å². The molecule has 0 aliphatic carbocycles. The van der Waals surface area contributed by atoms with Gasteiger partial charge in [-0.2, -0.15) is 0 Å². The van der Waals surface area contributed by atoms with Crippen molar-refractivity contribution in [3.8, 4) is 0 Å². The average Bonchev–Trinajstić information content (AvgIpc) is 2.96. The third-order valence-electron chi connectivity index (χ3n) is 3.30. The largest absolute Gasteiger partial charge is 0.349 e. The Morgan fingerprint density at radius 3 is 2.48 bits per heavy atom. The van der Waals surface area contributed by atoms with Crippen LogP contribution >= 0.6 is 11.3 Å². The number of carbonyl (C=O) groups excluding carboxylic acids is 2. The minimum atomic E-state index is -0.645. The van der Waals surface area contributed by atoms with Crippen LogP contribution in [0.4, 0.5) is 0 Å². The van der Waals surface area contributed by atoms with Gasteiger partial charge in [0.1, 0.15) is 6.04 Å². The van der Waals surface area contributed by atoms with E-state index in [0.29, 0.717) is 11.3 Å². The molecule has 3 N–H and O–H groups in total. The second-order valence-electron chi connectivity index (χ2n) is 5.45. The molecule has 122 valence electrons. The van der Waals surface area contributed by atoms with Crippen molar-refractivity contribution in [3.05, 3.63) is 56.6 Å². The van der Waals surface area contributed by atoms with Crippen LogP contribution in [0.3, 0.4) is 0 Å². The van der Waals surface area contributed by atoms with Crippen LogP contribution in [0.1, 0.15) is 29.9 Å². The number of hydrogen-bond acceptors (Lipinski definition) is 4. The standard InChI is InChI=1S/C16H19N3O3S/c1-10(2)13(19-14(20)11-6-4-3-5-7-11)15(21)17-8-12-9-23-16(22)18-12/h3-7,9-10,13H,8H2,1-2H3,(H,17,21)(H,18,22)(H,19,20)/t13-/m0/s1. The van der Waals surface area contributed by atoms with Crippen molar-refractivity contribution >= 4 is 23.2 Å². The van der Waals surface area contributed by atoms with Crippen LogP contribution in [0.5, 0.6) is 0 Å². The van der Waals surface area contributed by atoms with Crippen LogP contribution in [0.2, 0.25) is 0 Å². The van der Waals surface area contributed by atoms with Crippen LogP contribution in [-0.2, 0) is 11.3 Å². The number of thiazole rings is 1. The van der Waals surface area contributed by atoms with Gasteiger partial charge < -0.3 is 15.6 Å². The maximum atomic E-state index is 12.3. The average molecular weight is 333 g/mol. The Morgan fingerprint density at radius 1 is 1.22 bits per heavy atom. The second-order valence-corrected chi connectivity index (χ2v) is 6.29. The van der Waals surface area contributed by atoms with Gasteiger partial charge in [-0.15, -0.1) is 0 Å². The molecule has 6 nitrogen and oxygen atoms in total. The molecule has 1 atom stereocenters. The molecule has 23 heavy (non-hydrogen) atoms. The fourth-order valence-corrected chi connectivity index (χ4v) is 2.62. The summed E-state index contributed by atoms with van der Waals surface area (Å²) in [6.45, 7) is 3.95. The summed E-state index contributed by atoms with van der Waals surface area (Å²) in [5.41, 5.74) is 1.15. The fourth-order valence-electron chi connectivity index (χ4n) is 2.04. The fraction of sp³-hybridized carbons (Fsp3) is 0.312. The predicted octanol–water partition coefficient (Wildman–Crippen LogP) is 1.51. The molecule has 1 heterocycles. The number of H-pyrrole nitrogens is 1. The van der Waals surface area contributed by atoms with E-state index in [2.05, 4.69) is 15.6 Å². The first-order chi connectivity index (χ1) is 11.0. The van der Waals surface area contributed by atoms with Gasteiger partial charge in [-0.25, -0.2) is 0 Å². The van der Waals surface area contributed by atoms with E-state index in [1.54, 1.807) is 29.6 Å². The monoisotopic (exact) mass is 333 g/mol. The van der Waals surface area contributed by atoms with Gasteiger partial charge in [-0.05, 0) is 18.1 Å². The summed E-state index contributed by atoms with van der Waals surface area (Å²) < 4.78 is 0. The summed E-state index contributed by atoms with van der Waals surface area (Å²) in [6, 6.07) is 8.11. The summed E-state index contributed by atoms with van der Waals surface area (Å²) in [6.07, 6.45) is 0. The highest BCUT2D eigenvalue weighted by atomic mass is 32.1. The lowest BCUT2D eigenvalue weighted by atomic mass is 10.0. The second kappa shape index (κ2) is 7.73. The first kappa shape index (κ1) is 17.0. The highest BCUT2D eigenvalue weighted by molar-refractivity contribution is 7.07. The molecule has 1 aromatic carbocycles. The van der Waals surface area contributed by atoms with Gasteiger partial charge in [0.2, 0.25) is 5.91 Å². The molecule has 0 aliphatic rings. The van der Waals surface area contributed by atoms with Gasteiger partial charge in [0.15, 0.2) is 0 Å². The number of benzene rings is 1. The molecule has 0 unspecified atom stereocenters. The summed E-state index contributed by atoms with van der Waals surface area (Å²) in [7, 11) is 0. The van der Waals surface area contributed by atoms with Crippen LogP contribution in [0, 0.1) is 5.92 Å². The molecular formula is C16H19N3O3S. The lowest BCUT2D eigenvalue weighted by Gasteiger charge is -2.21. The first-order valence-electron chi connectivity index (χ1n) is 7.27. The molecule has 0 fully saturated rings. The Bertz CT molecular complexity index is 721. The summed E-state index contributed by atoms with van der Waals surface area (Å²) in [4.78, 5) is 38.1. The quantitative estimate of drug-likeness (QED) is 0.748.